The topological polar surface area (TPSA) is 44.7 Å². The van der Waals surface area contributed by atoms with E-state index in [1.807, 2.05) is 0 Å². The van der Waals surface area contributed by atoms with E-state index < -0.39 is 0 Å². The van der Waals surface area contributed by atoms with E-state index in [0.717, 1.165) is 26.2 Å². The standard InChI is InChI=1S/C13H28N2O2/c1-4-15(9-13-6-5-7-17-13)8-12(10-16)14-11(2)3/h11-14,16H,4-10H2,1-3H3. The summed E-state index contributed by atoms with van der Waals surface area (Å²) in [5, 5.41) is 12.7. The van der Waals surface area contributed by atoms with Gasteiger partial charge in [0.25, 0.3) is 0 Å². The van der Waals surface area contributed by atoms with Crippen molar-refractivity contribution in [1.29, 1.82) is 0 Å². The van der Waals surface area contributed by atoms with Crippen LogP contribution in [0.3, 0.4) is 0 Å². The Kier molecular flexibility index (Phi) is 7.04. The minimum Gasteiger partial charge on any atom is -0.395 e. The number of aliphatic hydroxyl groups is 1. The lowest BCUT2D eigenvalue weighted by atomic mass is 10.2. The van der Waals surface area contributed by atoms with Crippen molar-refractivity contribution < 1.29 is 9.84 Å². The minimum atomic E-state index is 0.163. The molecule has 1 aliphatic rings. The van der Waals surface area contributed by atoms with Gasteiger partial charge < -0.3 is 15.2 Å². The second-order valence-corrected chi connectivity index (χ2v) is 5.19. The Bertz CT molecular complexity index is 194. The summed E-state index contributed by atoms with van der Waals surface area (Å²) in [6, 6.07) is 0.574. The molecule has 0 aromatic heterocycles. The van der Waals surface area contributed by atoms with E-state index in [4.69, 9.17) is 4.74 Å². The van der Waals surface area contributed by atoms with Crippen molar-refractivity contribution in [2.24, 2.45) is 0 Å². The second-order valence-electron chi connectivity index (χ2n) is 5.19. The summed E-state index contributed by atoms with van der Waals surface area (Å²) in [6.45, 7) is 10.4. The third-order valence-corrected chi connectivity index (χ3v) is 3.20. The van der Waals surface area contributed by atoms with Gasteiger partial charge in [-0.25, -0.2) is 0 Å². The van der Waals surface area contributed by atoms with Gasteiger partial charge in [-0.1, -0.05) is 20.8 Å². The van der Waals surface area contributed by atoms with Gasteiger partial charge in [0.05, 0.1) is 12.7 Å². The predicted molar refractivity (Wildman–Crippen MR) is 70.2 cm³/mol. The fourth-order valence-electron chi connectivity index (χ4n) is 2.36. The van der Waals surface area contributed by atoms with Gasteiger partial charge in [0.15, 0.2) is 0 Å². The first kappa shape index (κ1) is 14.9. The third kappa shape index (κ3) is 5.82. The van der Waals surface area contributed by atoms with Gasteiger partial charge in [0.2, 0.25) is 0 Å². The van der Waals surface area contributed by atoms with Crippen LogP contribution in [0.25, 0.3) is 0 Å². The molecular formula is C13H28N2O2. The number of likely N-dealkylation sites (N-methyl/N-ethyl adjacent to an activating group) is 1. The van der Waals surface area contributed by atoms with E-state index in [-0.39, 0.29) is 12.6 Å². The lowest BCUT2D eigenvalue weighted by molar-refractivity contribution is 0.0673. The molecule has 1 heterocycles. The van der Waals surface area contributed by atoms with Crippen LogP contribution in [0.4, 0.5) is 0 Å². The number of hydrogen-bond acceptors (Lipinski definition) is 4. The Morgan fingerprint density at radius 3 is 2.71 bits per heavy atom. The van der Waals surface area contributed by atoms with Gasteiger partial charge in [-0.2, -0.15) is 0 Å². The zero-order chi connectivity index (χ0) is 12.7. The van der Waals surface area contributed by atoms with Crippen molar-refractivity contribution in [3.63, 3.8) is 0 Å². The maximum atomic E-state index is 9.36. The van der Waals surface area contributed by atoms with Crippen LogP contribution >= 0.6 is 0 Å². The van der Waals surface area contributed by atoms with Crippen molar-refractivity contribution in [2.45, 2.75) is 51.8 Å². The van der Waals surface area contributed by atoms with Crippen LogP contribution in [-0.4, -0.2) is 61.0 Å². The summed E-state index contributed by atoms with van der Waals surface area (Å²) in [5.74, 6) is 0. The molecule has 0 saturated carbocycles. The van der Waals surface area contributed by atoms with Crippen molar-refractivity contribution in [2.75, 3.05) is 32.8 Å². The van der Waals surface area contributed by atoms with Crippen LogP contribution < -0.4 is 5.32 Å². The average Bonchev–Trinajstić information content (AvgIpc) is 2.79. The molecular weight excluding hydrogens is 216 g/mol. The maximum absolute atomic E-state index is 9.36. The van der Waals surface area contributed by atoms with Crippen LogP contribution in [-0.2, 0) is 4.74 Å². The quantitative estimate of drug-likeness (QED) is 0.664. The first-order valence-electron chi connectivity index (χ1n) is 6.86. The maximum Gasteiger partial charge on any atom is 0.0702 e. The molecule has 1 aliphatic heterocycles. The van der Waals surface area contributed by atoms with Gasteiger partial charge in [-0.05, 0) is 19.4 Å². The fourth-order valence-corrected chi connectivity index (χ4v) is 2.36. The zero-order valence-electron chi connectivity index (χ0n) is 11.5. The van der Waals surface area contributed by atoms with E-state index >= 15 is 0 Å². The van der Waals surface area contributed by atoms with E-state index in [0.29, 0.717) is 12.1 Å². The van der Waals surface area contributed by atoms with Crippen LogP contribution in [0.5, 0.6) is 0 Å². The number of nitrogens with zero attached hydrogens (tertiary/aromatic N) is 1. The summed E-state index contributed by atoms with van der Waals surface area (Å²) < 4.78 is 5.66. The van der Waals surface area contributed by atoms with Crippen LogP contribution in [0.2, 0.25) is 0 Å². The Morgan fingerprint density at radius 2 is 2.24 bits per heavy atom. The number of ether oxygens (including phenoxy) is 1. The Labute approximate surface area is 105 Å². The molecule has 1 saturated heterocycles. The highest BCUT2D eigenvalue weighted by Crippen LogP contribution is 2.13. The minimum absolute atomic E-state index is 0.163. The molecule has 0 radical (unpaired) electrons. The smallest absolute Gasteiger partial charge is 0.0702 e. The predicted octanol–water partition coefficient (Wildman–Crippen LogP) is 0.846. The summed E-state index contributed by atoms with van der Waals surface area (Å²) in [6.07, 6.45) is 2.77. The molecule has 0 bridgehead atoms. The monoisotopic (exact) mass is 244 g/mol. The summed E-state index contributed by atoms with van der Waals surface area (Å²) in [5.41, 5.74) is 0. The van der Waals surface area contributed by atoms with E-state index in [1.54, 1.807) is 0 Å². The lowest BCUT2D eigenvalue weighted by Crippen LogP contribution is -2.47. The fraction of sp³-hybridized carbons (Fsp3) is 1.00. The molecule has 17 heavy (non-hydrogen) atoms. The molecule has 1 rings (SSSR count). The van der Waals surface area contributed by atoms with Crippen LogP contribution in [0.1, 0.15) is 33.6 Å². The second kappa shape index (κ2) is 8.03. The zero-order valence-corrected chi connectivity index (χ0v) is 11.5. The Balaban J connectivity index is 2.32. The van der Waals surface area contributed by atoms with Gasteiger partial charge >= 0.3 is 0 Å². The highest BCUT2D eigenvalue weighted by Gasteiger charge is 2.20. The third-order valence-electron chi connectivity index (χ3n) is 3.20. The van der Waals surface area contributed by atoms with Crippen LogP contribution in [0, 0.1) is 0 Å². The first-order chi connectivity index (χ1) is 8.15. The van der Waals surface area contributed by atoms with E-state index in [2.05, 4.69) is 31.0 Å². The summed E-state index contributed by atoms with van der Waals surface area (Å²) >= 11 is 0. The summed E-state index contributed by atoms with van der Waals surface area (Å²) in [7, 11) is 0. The number of hydrogen-bond donors (Lipinski definition) is 2. The molecule has 0 aromatic carbocycles. The number of rotatable bonds is 8. The molecule has 4 heteroatoms. The highest BCUT2D eigenvalue weighted by atomic mass is 16.5. The molecule has 0 aromatic rings. The SMILES string of the molecule is CCN(CC(CO)NC(C)C)CC1CCCO1. The van der Waals surface area contributed by atoms with Gasteiger partial charge in [0, 0.05) is 31.8 Å². The van der Waals surface area contributed by atoms with Crippen molar-refractivity contribution in [1.82, 2.24) is 10.2 Å². The normalized spacial score (nSPS) is 22.6. The molecule has 4 nitrogen and oxygen atoms in total. The number of nitrogens with one attached hydrogen (secondary N) is 1. The lowest BCUT2D eigenvalue weighted by Gasteiger charge is -2.29. The average molecular weight is 244 g/mol. The summed E-state index contributed by atoms with van der Waals surface area (Å²) in [4.78, 5) is 2.37. The molecule has 0 amide bonds. The number of aliphatic hydroxyl groups excluding tert-OH is 1. The van der Waals surface area contributed by atoms with Crippen molar-refractivity contribution >= 4 is 0 Å². The van der Waals surface area contributed by atoms with Crippen molar-refractivity contribution in [3.05, 3.63) is 0 Å². The van der Waals surface area contributed by atoms with Gasteiger partial charge in [-0.3, -0.25) is 4.90 Å². The van der Waals surface area contributed by atoms with E-state index in [1.165, 1.54) is 12.8 Å². The Morgan fingerprint density at radius 1 is 1.47 bits per heavy atom. The van der Waals surface area contributed by atoms with Gasteiger partial charge in [-0.15, -0.1) is 0 Å². The molecule has 1 fully saturated rings. The van der Waals surface area contributed by atoms with E-state index in [9.17, 15) is 5.11 Å². The molecule has 102 valence electrons. The van der Waals surface area contributed by atoms with Gasteiger partial charge in [0.1, 0.15) is 0 Å². The highest BCUT2D eigenvalue weighted by molar-refractivity contribution is 4.76. The Hall–Kier alpha value is -0.160. The molecule has 2 unspecified atom stereocenters. The van der Waals surface area contributed by atoms with Crippen molar-refractivity contribution in [3.8, 4) is 0 Å². The molecule has 2 N–H and O–H groups in total. The molecule has 0 aliphatic carbocycles. The van der Waals surface area contributed by atoms with Crippen LogP contribution in [0.15, 0.2) is 0 Å². The first-order valence-corrected chi connectivity index (χ1v) is 6.86. The largest absolute Gasteiger partial charge is 0.395 e. The molecule has 0 spiro atoms. The molecule has 2 atom stereocenters.